The van der Waals surface area contributed by atoms with E-state index in [2.05, 4.69) is 25.8 Å². The molecule has 0 aliphatic carbocycles. The number of aromatic amines is 1. The van der Waals surface area contributed by atoms with E-state index in [1.54, 1.807) is 24.5 Å². The third kappa shape index (κ3) is 4.32. The van der Waals surface area contributed by atoms with Gasteiger partial charge in [0.15, 0.2) is 0 Å². The van der Waals surface area contributed by atoms with E-state index >= 15 is 4.39 Å². The molecule has 5 rings (SSSR count). The number of halogens is 1. The number of hydrogen-bond donors (Lipinski definition) is 2. The van der Waals surface area contributed by atoms with Crippen molar-refractivity contribution in [1.82, 2.24) is 30.5 Å². The quantitative estimate of drug-likeness (QED) is 0.435. The normalized spacial score (nSPS) is 15.6. The molecule has 0 spiro atoms. The number of anilines is 1. The maximum Gasteiger partial charge on any atom is 0.414 e. The van der Waals surface area contributed by atoms with Crippen LogP contribution in [0.2, 0.25) is 0 Å². The number of nitrogens with zero attached hydrogens (tertiary/aromatic N) is 5. The smallest absolute Gasteiger partial charge is 0.414 e. The van der Waals surface area contributed by atoms with Crippen LogP contribution in [0.25, 0.3) is 22.0 Å². The van der Waals surface area contributed by atoms with Crippen LogP contribution in [-0.4, -0.2) is 56.4 Å². The lowest BCUT2D eigenvalue weighted by atomic mass is 10.0. The van der Waals surface area contributed by atoms with Gasteiger partial charge in [0.2, 0.25) is 5.91 Å². The summed E-state index contributed by atoms with van der Waals surface area (Å²) in [6.07, 6.45) is 3.10. The van der Waals surface area contributed by atoms with Crippen LogP contribution in [0.1, 0.15) is 12.6 Å². The third-order valence-electron chi connectivity index (χ3n) is 5.73. The van der Waals surface area contributed by atoms with Crippen LogP contribution in [0.3, 0.4) is 0 Å². The van der Waals surface area contributed by atoms with Gasteiger partial charge in [-0.2, -0.15) is 5.10 Å². The molecule has 1 fully saturated rings. The van der Waals surface area contributed by atoms with Crippen LogP contribution in [0, 0.1) is 5.82 Å². The summed E-state index contributed by atoms with van der Waals surface area (Å²) in [7, 11) is 0. The average molecular weight is 463 g/mol. The van der Waals surface area contributed by atoms with E-state index in [1.165, 1.54) is 17.9 Å². The molecule has 2 aromatic carbocycles. The molecule has 3 heterocycles. The lowest BCUT2D eigenvalue weighted by Crippen LogP contribution is -2.33. The Morgan fingerprint density at radius 1 is 1.26 bits per heavy atom. The van der Waals surface area contributed by atoms with Crippen LogP contribution in [0.5, 0.6) is 0 Å². The number of rotatable bonds is 7. The molecule has 0 radical (unpaired) electrons. The predicted octanol–water partition coefficient (Wildman–Crippen LogP) is 2.66. The van der Waals surface area contributed by atoms with E-state index in [1.807, 2.05) is 22.9 Å². The molecule has 2 amide bonds. The van der Waals surface area contributed by atoms with Gasteiger partial charge >= 0.3 is 6.09 Å². The first kappa shape index (κ1) is 21.6. The van der Waals surface area contributed by atoms with Crippen molar-refractivity contribution in [2.24, 2.45) is 0 Å². The minimum atomic E-state index is -0.567. The first-order valence-corrected chi connectivity index (χ1v) is 10.8. The molecular formula is C23H22FN7O3. The maximum absolute atomic E-state index is 15.1. The molecule has 0 saturated carbocycles. The maximum atomic E-state index is 15.1. The molecule has 2 N–H and O–H groups in total. The van der Waals surface area contributed by atoms with Crippen molar-refractivity contribution in [2.45, 2.75) is 26.0 Å². The van der Waals surface area contributed by atoms with Gasteiger partial charge in [0, 0.05) is 30.8 Å². The lowest BCUT2D eigenvalue weighted by Gasteiger charge is -2.14. The number of cyclic esters (lactones) is 1. The fourth-order valence-corrected chi connectivity index (χ4v) is 4.00. The summed E-state index contributed by atoms with van der Waals surface area (Å²) < 4.78 is 22.2. The molecule has 1 aliphatic heterocycles. The van der Waals surface area contributed by atoms with Crippen LogP contribution in [0.4, 0.5) is 14.9 Å². The third-order valence-corrected chi connectivity index (χ3v) is 5.73. The Morgan fingerprint density at radius 3 is 2.91 bits per heavy atom. The molecule has 11 heteroatoms. The fraction of sp³-hybridized carbons (Fsp3) is 0.261. The van der Waals surface area contributed by atoms with Gasteiger partial charge in [0.05, 0.1) is 42.4 Å². The highest BCUT2D eigenvalue weighted by atomic mass is 19.1. The Kier molecular flexibility index (Phi) is 5.66. The number of fused-ring (bicyclic) bond motifs is 1. The van der Waals surface area contributed by atoms with E-state index in [9.17, 15) is 9.59 Å². The van der Waals surface area contributed by atoms with Crippen LogP contribution < -0.4 is 10.2 Å². The zero-order valence-electron chi connectivity index (χ0n) is 18.4. The molecule has 174 valence electrons. The van der Waals surface area contributed by atoms with Crippen molar-refractivity contribution in [3.63, 3.8) is 0 Å². The molecule has 34 heavy (non-hydrogen) atoms. The van der Waals surface area contributed by atoms with E-state index in [0.717, 1.165) is 16.6 Å². The number of ether oxygens (including phenoxy) is 1. The summed E-state index contributed by atoms with van der Waals surface area (Å²) in [6.45, 7) is 2.50. The molecular weight excluding hydrogens is 441 g/mol. The number of carbonyl (C=O) groups is 2. The molecule has 1 atom stereocenters. The van der Waals surface area contributed by atoms with Crippen molar-refractivity contribution in [3.8, 4) is 11.1 Å². The van der Waals surface area contributed by atoms with Gasteiger partial charge in [-0.15, -0.1) is 5.10 Å². The van der Waals surface area contributed by atoms with Crippen molar-refractivity contribution in [3.05, 3.63) is 60.3 Å². The van der Waals surface area contributed by atoms with Gasteiger partial charge in [-0.3, -0.25) is 19.5 Å². The summed E-state index contributed by atoms with van der Waals surface area (Å²) in [5.41, 5.74) is 3.40. The van der Waals surface area contributed by atoms with Gasteiger partial charge in [-0.05, 0) is 35.9 Å². The topological polar surface area (TPSA) is 118 Å². The Hall–Kier alpha value is -4.28. The number of benzene rings is 2. The van der Waals surface area contributed by atoms with Gasteiger partial charge in [-0.1, -0.05) is 11.3 Å². The monoisotopic (exact) mass is 463 g/mol. The highest BCUT2D eigenvalue weighted by Crippen LogP contribution is 2.31. The first-order chi connectivity index (χ1) is 16.5. The minimum absolute atomic E-state index is 0.206. The zero-order valence-corrected chi connectivity index (χ0v) is 18.4. The number of nitrogens with one attached hydrogen (secondary N) is 2. The molecule has 1 aliphatic rings. The minimum Gasteiger partial charge on any atom is -0.442 e. The zero-order chi connectivity index (χ0) is 23.7. The number of H-pyrrole nitrogens is 1. The van der Waals surface area contributed by atoms with E-state index in [4.69, 9.17) is 4.74 Å². The largest absolute Gasteiger partial charge is 0.442 e. The molecule has 4 aromatic rings. The number of amides is 2. The highest BCUT2D eigenvalue weighted by Gasteiger charge is 2.32. The van der Waals surface area contributed by atoms with Crippen LogP contribution in [0.15, 0.2) is 48.8 Å². The van der Waals surface area contributed by atoms with E-state index in [-0.39, 0.29) is 19.0 Å². The number of aryl methyl sites for hydroxylation is 2. The Balaban J connectivity index is 1.32. The SMILES string of the molecule is CC(=O)NC[C@H]1CN(c2ccc(-c3ccc4c(cnn4CCc4cnn[nH]4)c3)c(F)c2)C(=O)O1. The molecule has 10 nitrogen and oxygen atoms in total. The summed E-state index contributed by atoms with van der Waals surface area (Å²) in [6, 6.07) is 10.3. The summed E-state index contributed by atoms with van der Waals surface area (Å²) >= 11 is 0. The Bertz CT molecular complexity index is 1350. The Labute approximate surface area is 193 Å². The molecule has 0 bridgehead atoms. The van der Waals surface area contributed by atoms with Crippen molar-refractivity contribution < 1.29 is 18.7 Å². The van der Waals surface area contributed by atoms with E-state index in [0.29, 0.717) is 29.8 Å². The highest BCUT2D eigenvalue weighted by molar-refractivity contribution is 5.91. The second-order valence-corrected chi connectivity index (χ2v) is 8.09. The van der Waals surface area contributed by atoms with Crippen LogP contribution in [-0.2, 0) is 22.5 Å². The second-order valence-electron chi connectivity index (χ2n) is 8.09. The summed E-state index contributed by atoms with van der Waals surface area (Å²) in [5.74, 6) is -0.656. The van der Waals surface area contributed by atoms with Gasteiger partial charge in [-0.25, -0.2) is 9.18 Å². The predicted molar refractivity (Wildman–Crippen MR) is 122 cm³/mol. The van der Waals surface area contributed by atoms with Gasteiger partial charge < -0.3 is 10.1 Å². The van der Waals surface area contributed by atoms with Crippen LogP contribution >= 0.6 is 0 Å². The first-order valence-electron chi connectivity index (χ1n) is 10.8. The summed E-state index contributed by atoms with van der Waals surface area (Å²) in [4.78, 5) is 24.7. The summed E-state index contributed by atoms with van der Waals surface area (Å²) in [5, 5.41) is 18.3. The van der Waals surface area contributed by atoms with Gasteiger partial charge in [0.25, 0.3) is 0 Å². The van der Waals surface area contributed by atoms with Crippen molar-refractivity contribution in [2.75, 3.05) is 18.0 Å². The van der Waals surface area contributed by atoms with E-state index < -0.39 is 18.0 Å². The number of aromatic nitrogens is 5. The second kappa shape index (κ2) is 8.93. The molecule has 1 saturated heterocycles. The van der Waals surface area contributed by atoms with Crippen molar-refractivity contribution >= 4 is 28.6 Å². The Morgan fingerprint density at radius 2 is 2.15 bits per heavy atom. The fourth-order valence-electron chi connectivity index (χ4n) is 4.00. The number of hydrogen-bond acceptors (Lipinski definition) is 6. The lowest BCUT2D eigenvalue weighted by molar-refractivity contribution is -0.119. The van der Waals surface area contributed by atoms with Crippen molar-refractivity contribution in [1.29, 1.82) is 0 Å². The van der Waals surface area contributed by atoms with Gasteiger partial charge in [0.1, 0.15) is 11.9 Å². The number of carbonyl (C=O) groups excluding carboxylic acids is 2. The molecule has 0 unspecified atom stereocenters. The average Bonchev–Trinajstić information content (AvgIpc) is 3.56. The molecule has 2 aromatic heterocycles. The standard InChI is InChI=1S/C23H22FN7O3/c1-14(32)25-12-19-13-30(23(33)34-19)18-3-4-20(21(24)9-18)15-2-5-22-16(8-15)10-27-31(22)7-6-17-11-26-29-28-17/h2-5,8-11,19H,6-7,12-13H2,1H3,(H,25,32)(H,26,28,29)/t19-/m0/s1.